The van der Waals surface area contributed by atoms with Crippen molar-refractivity contribution in [2.24, 2.45) is 0 Å². The molecule has 0 aliphatic carbocycles. The number of amides is 1. The Morgan fingerprint density at radius 3 is 2.58 bits per heavy atom. The molecule has 0 aliphatic heterocycles. The molecule has 0 aromatic heterocycles. The minimum Gasteiger partial charge on any atom is -0.469 e. The largest absolute Gasteiger partial charge is 0.469 e. The van der Waals surface area contributed by atoms with E-state index in [4.69, 9.17) is 4.74 Å². The summed E-state index contributed by atoms with van der Waals surface area (Å²) in [4.78, 5) is 33.1. The second kappa shape index (κ2) is 7.86. The first-order chi connectivity index (χ1) is 9.15. The minimum atomic E-state index is -0.948. The number of ether oxygens (including phenoxy) is 2. The summed E-state index contributed by atoms with van der Waals surface area (Å²) < 4.78 is 9.32. The first-order valence-corrected chi connectivity index (χ1v) is 5.65. The van der Waals surface area contributed by atoms with Gasteiger partial charge < -0.3 is 19.6 Å². The highest BCUT2D eigenvalue weighted by molar-refractivity contribution is 5.79. The fourth-order valence-corrected chi connectivity index (χ4v) is 1.31. The monoisotopic (exact) mass is 265 g/mol. The van der Waals surface area contributed by atoms with Crippen molar-refractivity contribution in [3.05, 3.63) is 35.9 Å². The predicted molar refractivity (Wildman–Crippen MR) is 66.2 cm³/mol. The summed E-state index contributed by atoms with van der Waals surface area (Å²) in [5.41, 5.74) is 0.827. The molecular weight excluding hydrogens is 250 g/mol. The van der Waals surface area contributed by atoms with Gasteiger partial charge in [0.25, 0.3) is 0 Å². The van der Waals surface area contributed by atoms with E-state index >= 15 is 0 Å². The summed E-state index contributed by atoms with van der Waals surface area (Å²) in [5, 5.41) is 2.27. The third kappa shape index (κ3) is 5.67. The fourth-order valence-electron chi connectivity index (χ4n) is 1.31. The molecule has 0 fully saturated rings. The molecular formula is C13H15NO5. The van der Waals surface area contributed by atoms with Crippen LogP contribution in [0, 0.1) is 0 Å². The number of nitrogens with one attached hydrogen (secondary N) is 1. The number of rotatable bonds is 6. The van der Waals surface area contributed by atoms with Gasteiger partial charge in [0.15, 0.2) is 0 Å². The van der Waals surface area contributed by atoms with Gasteiger partial charge in [-0.05, 0) is 5.56 Å². The second-order valence-corrected chi connectivity index (χ2v) is 3.73. The van der Waals surface area contributed by atoms with E-state index in [0.29, 0.717) is 6.29 Å². The molecule has 0 unspecified atom stereocenters. The van der Waals surface area contributed by atoms with Gasteiger partial charge in [-0.3, -0.25) is 4.79 Å². The highest BCUT2D eigenvalue weighted by atomic mass is 16.5. The van der Waals surface area contributed by atoms with E-state index in [-0.39, 0.29) is 13.0 Å². The topological polar surface area (TPSA) is 81.7 Å². The molecule has 1 N–H and O–H groups in total. The average Bonchev–Trinajstić information content (AvgIpc) is 2.45. The molecule has 1 rings (SSSR count). The molecule has 1 aromatic carbocycles. The van der Waals surface area contributed by atoms with Gasteiger partial charge in [-0.15, -0.1) is 0 Å². The molecule has 6 heteroatoms. The van der Waals surface area contributed by atoms with Crippen LogP contribution in [0.1, 0.15) is 12.0 Å². The van der Waals surface area contributed by atoms with Crippen LogP contribution in [0.5, 0.6) is 0 Å². The molecule has 0 aliphatic rings. The van der Waals surface area contributed by atoms with Crippen LogP contribution >= 0.6 is 0 Å². The SMILES string of the molecule is COC(=O)C[C@H](C=O)NC(=O)OCc1ccccc1. The molecule has 1 atom stereocenters. The molecule has 0 bridgehead atoms. The maximum atomic E-state index is 11.4. The number of hydrogen-bond acceptors (Lipinski definition) is 5. The molecule has 0 radical (unpaired) electrons. The summed E-state index contributed by atoms with van der Waals surface area (Å²) in [5.74, 6) is -0.583. The summed E-state index contributed by atoms with van der Waals surface area (Å²) in [6, 6.07) is 8.15. The van der Waals surface area contributed by atoms with Crippen molar-refractivity contribution in [3.63, 3.8) is 0 Å². The van der Waals surface area contributed by atoms with E-state index < -0.39 is 18.1 Å². The van der Waals surface area contributed by atoms with Gasteiger partial charge in [-0.1, -0.05) is 30.3 Å². The number of methoxy groups -OCH3 is 1. The van der Waals surface area contributed by atoms with Gasteiger partial charge in [0.05, 0.1) is 19.6 Å². The van der Waals surface area contributed by atoms with Crippen molar-refractivity contribution in [3.8, 4) is 0 Å². The number of benzene rings is 1. The third-order valence-corrected chi connectivity index (χ3v) is 2.29. The lowest BCUT2D eigenvalue weighted by molar-refractivity contribution is -0.141. The van der Waals surface area contributed by atoms with E-state index in [2.05, 4.69) is 10.1 Å². The Morgan fingerprint density at radius 1 is 1.32 bits per heavy atom. The van der Waals surface area contributed by atoms with E-state index in [1.54, 1.807) is 12.1 Å². The molecule has 1 amide bonds. The molecule has 19 heavy (non-hydrogen) atoms. The van der Waals surface area contributed by atoms with Gasteiger partial charge in [0, 0.05) is 0 Å². The van der Waals surface area contributed by atoms with Crippen LogP contribution in [0.3, 0.4) is 0 Å². The molecule has 0 spiro atoms. The summed E-state index contributed by atoms with van der Waals surface area (Å²) in [6.45, 7) is 0.0937. The Kier molecular flexibility index (Phi) is 6.08. The zero-order chi connectivity index (χ0) is 14.1. The van der Waals surface area contributed by atoms with Gasteiger partial charge in [-0.25, -0.2) is 4.79 Å². The zero-order valence-corrected chi connectivity index (χ0v) is 10.5. The van der Waals surface area contributed by atoms with Gasteiger partial charge >= 0.3 is 12.1 Å². The third-order valence-electron chi connectivity index (χ3n) is 2.29. The Bertz CT molecular complexity index is 432. The maximum Gasteiger partial charge on any atom is 0.408 e. The fraction of sp³-hybridized carbons (Fsp3) is 0.308. The zero-order valence-electron chi connectivity index (χ0n) is 10.5. The summed E-state index contributed by atoms with van der Waals surface area (Å²) in [6.07, 6.45) is -0.522. The van der Waals surface area contributed by atoms with E-state index in [0.717, 1.165) is 5.56 Å². The van der Waals surface area contributed by atoms with Crippen LogP contribution in [0.15, 0.2) is 30.3 Å². The lowest BCUT2D eigenvalue weighted by Gasteiger charge is -2.11. The molecule has 1 aromatic rings. The lowest BCUT2D eigenvalue weighted by atomic mass is 10.2. The Hall–Kier alpha value is -2.37. The van der Waals surface area contributed by atoms with Crippen LogP contribution in [0.4, 0.5) is 4.79 Å². The number of hydrogen-bond donors (Lipinski definition) is 1. The lowest BCUT2D eigenvalue weighted by Crippen LogP contribution is -2.38. The molecule has 102 valence electrons. The van der Waals surface area contributed by atoms with Gasteiger partial charge in [0.1, 0.15) is 12.9 Å². The number of esters is 1. The van der Waals surface area contributed by atoms with Crippen LogP contribution in [0.25, 0.3) is 0 Å². The normalized spacial score (nSPS) is 11.2. The highest BCUT2D eigenvalue weighted by Crippen LogP contribution is 2.01. The Balaban J connectivity index is 2.37. The van der Waals surface area contributed by atoms with Crippen LogP contribution in [-0.4, -0.2) is 31.5 Å². The van der Waals surface area contributed by atoms with Gasteiger partial charge in [-0.2, -0.15) is 0 Å². The minimum absolute atomic E-state index is 0.0937. The standard InChI is InChI=1S/C13H15NO5/c1-18-12(16)7-11(8-15)14-13(17)19-9-10-5-3-2-4-6-10/h2-6,8,11H,7,9H2,1H3,(H,14,17)/t11-/m1/s1. The van der Waals surface area contributed by atoms with Crippen molar-refractivity contribution >= 4 is 18.3 Å². The van der Waals surface area contributed by atoms with Crippen molar-refractivity contribution in [2.75, 3.05) is 7.11 Å². The van der Waals surface area contributed by atoms with Crippen molar-refractivity contribution < 1.29 is 23.9 Å². The smallest absolute Gasteiger partial charge is 0.408 e. The first-order valence-electron chi connectivity index (χ1n) is 5.65. The number of alkyl carbamates (subject to hydrolysis) is 1. The van der Waals surface area contributed by atoms with Crippen molar-refractivity contribution in [1.29, 1.82) is 0 Å². The highest BCUT2D eigenvalue weighted by Gasteiger charge is 2.16. The maximum absolute atomic E-state index is 11.4. The molecule has 0 saturated carbocycles. The Labute approximate surface area is 110 Å². The molecule has 0 heterocycles. The van der Waals surface area contributed by atoms with E-state index in [9.17, 15) is 14.4 Å². The number of aldehydes is 1. The van der Waals surface area contributed by atoms with Crippen molar-refractivity contribution in [1.82, 2.24) is 5.32 Å². The van der Waals surface area contributed by atoms with Crippen LogP contribution in [-0.2, 0) is 25.7 Å². The van der Waals surface area contributed by atoms with E-state index in [1.165, 1.54) is 7.11 Å². The summed E-state index contributed by atoms with van der Waals surface area (Å²) in [7, 11) is 1.21. The molecule has 6 nitrogen and oxygen atoms in total. The van der Waals surface area contributed by atoms with Crippen LogP contribution < -0.4 is 5.32 Å². The summed E-state index contributed by atoms with van der Waals surface area (Å²) >= 11 is 0. The average molecular weight is 265 g/mol. The predicted octanol–water partition coefficient (Wildman–Crippen LogP) is 1.04. The van der Waals surface area contributed by atoms with Crippen LogP contribution in [0.2, 0.25) is 0 Å². The van der Waals surface area contributed by atoms with Gasteiger partial charge in [0.2, 0.25) is 0 Å². The Morgan fingerprint density at radius 2 is 2.00 bits per heavy atom. The quantitative estimate of drug-likeness (QED) is 0.614. The van der Waals surface area contributed by atoms with Crippen molar-refractivity contribution in [2.45, 2.75) is 19.1 Å². The first kappa shape index (κ1) is 14.7. The molecule has 0 saturated heterocycles. The second-order valence-electron chi connectivity index (χ2n) is 3.73. The number of carbonyl (C=O) groups excluding carboxylic acids is 3. The van der Waals surface area contributed by atoms with E-state index in [1.807, 2.05) is 18.2 Å². The number of carbonyl (C=O) groups is 3.